The van der Waals surface area contributed by atoms with Crippen molar-refractivity contribution in [3.05, 3.63) is 81.7 Å². The number of aryl methyl sites for hydroxylation is 2. The number of Topliss-reactive ketones (excluding diaryl/α,β-unsaturated/α-hetero) is 1. The van der Waals surface area contributed by atoms with Gasteiger partial charge in [0.1, 0.15) is 23.2 Å². The number of halogens is 1. The van der Waals surface area contributed by atoms with Crippen LogP contribution in [0.5, 0.6) is 11.8 Å². The number of anilines is 1. The second-order valence-electron chi connectivity index (χ2n) is 8.25. The lowest BCUT2D eigenvalue weighted by Crippen LogP contribution is -2.12. The van der Waals surface area contributed by atoms with Crippen molar-refractivity contribution in [2.24, 2.45) is 4.99 Å². The molecule has 0 amide bonds. The number of hydrogen-bond donors (Lipinski definition) is 1. The number of amidine groups is 1. The van der Waals surface area contributed by atoms with E-state index in [1.807, 2.05) is 69.3 Å². The zero-order valence-corrected chi connectivity index (χ0v) is 20.2. The third kappa shape index (κ3) is 6.26. The Bertz CT molecular complexity index is 1270. The second kappa shape index (κ2) is 10.6. The first-order valence-corrected chi connectivity index (χ1v) is 11.5. The molecular weight excluding hydrogens is 450 g/mol. The van der Waals surface area contributed by atoms with Crippen LogP contribution in [0.25, 0.3) is 0 Å². The number of aromatic nitrogens is 3. The number of benzene rings is 2. The highest BCUT2D eigenvalue weighted by Crippen LogP contribution is 2.21. The molecule has 2 heterocycles. The molecule has 3 aromatic rings. The smallest absolute Gasteiger partial charge is 0.327 e. The van der Waals surface area contributed by atoms with Crippen LogP contribution in [0.15, 0.2) is 59.1 Å². The largest absolute Gasteiger partial charge is 0.424 e. The lowest BCUT2D eigenvalue weighted by molar-refractivity contribution is -0.117. The second-order valence-corrected chi connectivity index (χ2v) is 8.66. The van der Waals surface area contributed by atoms with Gasteiger partial charge in [-0.05, 0) is 60.4 Å². The molecule has 0 bridgehead atoms. The maximum atomic E-state index is 12.5. The lowest BCUT2D eigenvalue weighted by atomic mass is 10.0. The van der Waals surface area contributed by atoms with Gasteiger partial charge < -0.3 is 10.1 Å². The molecule has 0 saturated heterocycles. The molecule has 0 atom stereocenters. The molecule has 34 heavy (non-hydrogen) atoms. The number of nitrogens with zero attached hydrogens (tertiary/aromatic N) is 4. The van der Waals surface area contributed by atoms with Crippen molar-refractivity contribution < 1.29 is 9.53 Å². The standard InChI is InChI=1S/C26H26ClN5O2/c1-4-23-29-25(30-24-11-16(2)15-28-24)32-26(31-23)34-21-8-5-18(6-9-21)13-20(33)14-19-7-10-22(27)17(3)12-19/h5-12H,4,13-15H2,1-3H3,(H,28,29,30,31,32). The van der Waals surface area contributed by atoms with Gasteiger partial charge in [-0.3, -0.25) is 9.79 Å². The van der Waals surface area contributed by atoms with Gasteiger partial charge in [0.05, 0.1) is 6.54 Å². The molecule has 2 aromatic carbocycles. The van der Waals surface area contributed by atoms with Gasteiger partial charge in [0.25, 0.3) is 0 Å². The first-order chi connectivity index (χ1) is 16.4. The number of aliphatic imine (C=N–C) groups is 1. The number of carbonyl (C=O) groups is 1. The Morgan fingerprint density at radius 1 is 1.03 bits per heavy atom. The zero-order valence-electron chi connectivity index (χ0n) is 19.4. The number of nitrogens with one attached hydrogen (secondary N) is 1. The number of carbonyl (C=O) groups excluding carboxylic acids is 1. The first-order valence-electron chi connectivity index (χ1n) is 11.1. The molecule has 1 aliphatic rings. The summed E-state index contributed by atoms with van der Waals surface area (Å²) in [5.74, 6) is 2.45. The predicted molar refractivity (Wildman–Crippen MR) is 134 cm³/mol. The van der Waals surface area contributed by atoms with Crippen molar-refractivity contribution in [2.75, 3.05) is 11.9 Å². The van der Waals surface area contributed by atoms with Gasteiger partial charge in [-0.1, -0.05) is 42.8 Å². The fourth-order valence-corrected chi connectivity index (χ4v) is 3.62. The number of ether oxygens (including phenoxy) is 1. The Morgan fingerprint density at radius 2 is 1.76 bits per heavy atom. The van der Waals surface area contributed by atoms with Crippen molar-refractivity contribution in [1.29, 1.82) is 0 Å². The molecule has 174 valence electrons. The summed E-state index contributed by atoms with van der Waals surface area (Å²) in [6.45, 7) is 6.60. The number of hydrogen-bond acceptors (Lipinski definition) is 7. The number of ketones is 1. The van der Waals surface area contributed by atoms with Gasteiger partial charge in [-0.2, -0.15) is 15.0 Å². The minimum absolute atomic E-state index is 0.135. The highest BCUT2D eigenvalue weighted by Gasteiger charge is 2.12. The van der Waals surface area contributed by atoms with E-state index < -0.39 is 0 Å². The van der Waals surface area contributed by atoms with Gasteiger partial charge in [0.2, 0.25) is 5.95 Å². The molecule has 0 fully saturated rings. The van der Waals surface area contributed by atoms with Gasteiger partial charge >= 0.3 is 6.01 Å². The molecule has 1 N–H and O–H groups in total. The molecule has 0 aliphatic carbocycles. The monoisotopic (exact) mass is 475 g/mol. The van der Waals surface area contributed by atoms with Gasteiger partial charge in [0, 0.05) is 24.3 Å². The van der Waals surface area contributed by atoms with E-state index in [0.29, 0.717) is 48.4 Å². The summed E-state index contributed by atoms with van der Waals surface area (Å²) in [5.41, 5.74) is 4.02. The van der Waals surface area contributed by atoms with Crippen LogP contribution in [-0.4, -0.2) is 33.1 Å². The van der Waals surface area contributed by atoms with Crippen molar-refractivity contribution in [1.82, 2.24) is 15.0 Å². The minimum atomic E-state index is 0.135. The molecule has 1 aromatic heterocycles. The van der Waals surface area contributed by atoms with Crippen LogP contribution >= 0.6 is 11.6 Å². The molecule has 7 nitrogen and oxygen atoms in total. The third-order valence-electron chi connectivity index (χ3n) is 5.26. The normalized spacial score (nSPS) is 12.8. The lowest BCUT2D eigenvalue weighted by Gasteiger charge is -2.09. The van der Waals surface area contributed by atoms with Crippen molar-refractivity contribution in [3.63, 3.8) is 0 Å². The van der Waals surface area contributed by atoms with Gasteiger partial charge in [-0.25, -0.2) is 0 Å². The highest BCUT2D eigenvalue weighted by atomic mass is 35.5. The van der Waals surface area contributed by atoms with Crippen molar-refractivity contribution in [2.45, 2.75) is 40.0 Å². The van der Waals surface area contributed by atoms with Crippen LogP contribution in [-0.2, 0) is 24.1 Å². The molecule has 4 rings (SSSR count). The topological polar surface area (TPSA) is 89.4 Å². The van der Waals surface area contributed by atoms with E-state index in [1.165, 1.54) is 5.57 Å². The van der Waals surface area contributed by atoms with Crippen LogP contribution in [0.3, 0.4) is 0 Å². The van der Waals surface area contributed by atoms with Crippen LogP contribution in [0.2, 0.25) is 5.02 Å². The summed E-state index contributed by atoms with van der Waals surface area (Å²) in [6, 6.07) is 13.3. The van der Waals surface area contributed by atoms with Crippen molar-refractivity contribution in [3.8, 4) is 11.8 Å². The Labute approximate surface area is 204 Å². The van der Waals surface area contributed by atoms with Crippen LogP contribution < -0.4 is 10.1 Å². The van der Waals surface area contributed by atoms with E-state index in [9.17, 15) is 4.79 Å². The molecule has 1 aliphatic heterocycles. The summed E-state index contributed by atoms with van der Waals surface area (Å²) >= 11 is 6.07. The Hall–Kier alpha value is -3.58. The number of rotatable bonds is 8. The van der Waals surface area contributed by atoms with Crippen LogP contribution in [0.4, 0.5) is 5.95 Å². The summed E-state index contributed by atoms with van der Waals surface area (Å²) in [5, 5.41) is 3.82. The average Bonchev–Trinajstić information content (AvgIpc) is 3.21. The van der Waals surface area contributed by atoms with Gasteiger partial charge in [0.15, 0.2) is 0 Å². The minimum Gasteiger partial charge on any atom is -0.424 e. The fraction of sp³-hybridized carbons (Fsp3) is 0.269. The maximum Gasteiger partial charge on any atom is 0.327 e. The van der Waals surface area contributed by atoms with E-state index >= 15 is 0 Å². The summed E-state index contributed by atoms with van der Waals surface area (Å²) < 4.78 is 5.87. The van der Waals surface area contributed by atoms with E-state index in [2.05, 4.69) is 25.3 Å². The predicted octanol–water partition coefficient (Wildman–Crippen LogP) is 5.31. The van der Waals surface area contributed by atoms with E-state index in [-0.39, 0.29) is 11.8 Å². The Balaban J connectivity index is 1.39. The summed E-state index contributed by atoms with van der Waals surface area (Å²) in [4.78, 5) is 30.0. The van der Waals surface area contributed by atoms with Gasteiger partial charge in [-0.15, -0.1) is 0 Å². The Morgan fingerprint density at radius 3 is 2.44 bits per heavy atom. The third-order valence-corrected chi connectivity index (χ3v) is 5.68. The van der Waals surface area contributed by atoms with Crippen molar-refractivity contribution >= 4 is 29.2 Å². The van der Waals surface area contributed by atoms with E-state index in [4.69, 9.17) is 16.3 Å². The SMILES string of the molecule is CCc1nc(NC2=NCC(C)=C2)nc(Oc2ccc(CC(=O)Cc3ccc(Cl)c(C)c3)cc2)n1. The van der Waals surface area contributed by atoms with E-state index in [0.717, 1.165) is 22.5 Å². The first kappa shape index (κ1) is 23.6. The van der Waals surface area contributed by atoms with Crippen LogP contribution in [0.1, 0.15) is 36.4 Å². The molecular formula is C26H26ClN5O2. The molecule has 8 heteroatoms. The summed E-state index contributed by atoms with van der Waals surface area (Å²) in [7, 11) is 0. The fourth-order valence-electron chi connectivity index (χ4n) is 3.50. The highest BCUT2D eigenvalue weighted by molar-refractivity contribution is 6.31. The molecule has 0 radical (unpaired) electrons. The maximum absolute atomic E-state index is 12.5. The Kier molecular flexibility index (Phi) is 7.33. The molecule has 0 saturated carbocycles. The molecule has 0 spiro atoms. The summed E-state index contributed by atoms with van der Waals surface area (Å²) in [6.07, 6.45) is 3.32. The quantitative estimate of drug-likeness (QED) is 0.474. The van der Waals surface area contributed by atoms with Crippen LogP contribution in [0, 0.1) is 6.92 Å². The average molecular weight is 476 g/mol. The zero-order chi connectivity index (χ0) is 24.1. The molecule has 0 unspecified atom stereocenters. The van der Waals surface area contributed by atoms with E-state index in [1.54, 1.807) is 0 Å².